The van der Waals surface area contributed by atoms with Gasteiger partial charge in [0.2, 0.25) is 0 Å². The van der Waals surface area contributed by atoms with Crippen LogP contribution in [0.4, 0.5) is 5.69 Å². The maximum absolute atomic E-state index is 12.1. The van der Waals surface area contributed by atoms with E-state index in [9.17, 15) is 9.90 Å². The summed E-state index contributed by atoms with van der Waals surface area (Å²) in [6, 6.07) is 3.58. The van der Waals surface area contributed by atoms with Crippen LogP contribution in [0.5, 0.6) is 0 Å². The summed E-state index contributed by atoms with van der Waals surface area (Å²) in [5.41, 5.74) is -0.638. The lowest BCUT2D eigenvalue weighted by Gasteiger charge is -2.20. The normalized spacial score (nSPS) is 16.9. The van der Waals surface area contributed by atoms with Crippen molar-refractivity contribution in [3.63, 3.8) is 0 Å². The molecular weight excluding hydrogens is 268 g/mol. The van der Waals surface area contributed by atoms with Crippen LogP contribution in [0.15, 0.2) is 30.7 Å². The minimum Gasteiger partial charge on any atom is -0.380 e. The van der Waals surface area contributed by atoms with Crippen LogP contribution in [0.2, 0.25) is 0 Å². The van der Waals surface area contributed by atoms with Gasteiger partial charge in [0.05, 0.1) is 11.9 Å². The number of carbonyl (C=O) groups is 1. The number of hydrogen-bond donors (Lipinski definition) is 2. The highest BCUT2D eigenvalue weighted by Gasteiger charge is 2.38. The van der Waals surface area contributed by atoms with Crippen LogP contribution in [0, 0.1) is 6.92 Å². The zero-order valence-electron chi connectivity index (χ0n) is 11.9. The van der Waals surface area contributed by atoms with Gasteiger partial charge in [-0.3, -0.25) is 9.36 Å². The average molecular weight is 286 g/mol. The SMILES string of the molecule is Cc1nccn1-c1ccc(NC(=O)C2(O)CCCC2)cn1. The minimum atomic E-state index is -1.22. The van der Waals surface area contributed by atoms with Gasteiger partial charge in [-0.05, 0) is 44.7 Å². The van der Waals surface area contributed by atoms with Gasteiger partial charge in [-0.1, -0.05) is 0 Å². The molecule has 6 heteroatoms. The zero-order chi connectivity index (χ0) is 14.9. The second-order valence-corrected chi connectivity index (χ2v) is 5.44. The van der Waals surface area contributed by atoms with Crippen molar-refractivity contribution in [2.75, 3.05) is 5.32 Å². The van der Waals surface area contributed by atoms with Gasteiger partial charge in [-0.25, -0.2) is 9.97 Å². The molecule has 0 aliphatic heterocycles. The molecule has 0 atom stereocenters. The van der Waals surface area contributed by atoms with E-state index in [1.807, 2.05) is 23.8 Å². The number of aryl methyl sites for hydroxylation is 1. The van der Waals surface area contributed by atoms with E-state index in [1.165, 1.54) is 0 Å². The first kappa shape index (κ1) is 13.8. The molecule has 0 bridgehead atoms. The molecular formula is C15H18N4O2. The van der Waals surface area contributed by atoms with Crippen molar-refractivity contribution in [1.29, 1.82) is 0 Å². The number of amides is 1. The van der Waals surface area contributed by atoms with E-state index in [0.29, 0.717) is 18.5 Å². The highest BCUT2D eigenvalue weighted by atomic mass is 16.3. The Bertz CT molecular complexity index is 642. The van der Waals surface area contributed by atoms with Crippen molar-refractivity contribution in [3.05, 3.63) is 36.5 Å². The van der Waals surface area contributed by atoms with Crippen molar-refractivity contribution in [1.82, 2.24) is 14.5 Å². The number of nitrogens with one attached hydrogen (secondary N) is 1. The third-order valence-corrected chi connectivity index (χ3v) is 3.93. The van der Waals surface area contributed by atoms with E-state index in [2.05, 4.69) is 15.3 Å². The molecule has 1 aliphatic carbocycles. The molecule has 0 aromatic carbocycles. The molecule has 3 rings (SSSR count). The van der Waals surface area contributed by atoms with Gasteiger partial charge in [0.15, 0.2) is 0 Å². The summed E-state index contributed by atoms with van der Waals surface area (Å²) < 4.78 is 1.86. The number of aromatic nitrogens is 3. The first-order valence-electron chi connectivity index (χ1n) is 7.09. The highest BCUT2D eigenvalue weighted by Crippen LogP contribution is 2.30. The number of pyridine rings is 1. The van der Waals surface area contributed by atoms with Crippen LogP contribution < -0.4 is 5.32 Å². The monoisotopic (exact) mass is 286 g/mol. The Morgan fingerprint density at radius 1 is 1.33 bits per heavy atom. The molecule has 110 valence electrons. The van der Waals surface area contributed by atoms with E-state index in [4.69, 9.17) is 0 Å². The smallest absolute Gasteiger partial charge is 0.256 e. The molecule has 0 saturated heterocycles. The Kier molecular flexibility index (Phi) is 3.47. The van der Waals surface area contributed by atoms with Gasteiger partial charge in [-0.2, -0.15) is 0 Å². The number of carbonyl (C=O) groups excluding carboxylic acids is 1. The number of imidazole rings is 1. The third-order valence-electron chi connectivity index (χ3n) is 3.93. The molecule has 2 N–H and O–H groups in total. The van der Waals surface area contributed by atoms with Gasteiger partial charge in [0.25, 0.3) is 5.91 Å². The van der Waals surface area contributed by atoms with Crippen molar-refractivity contribution in [2.24, 2.45) is 0 Å². The summed E-state index contributed by atoms with van der Waals surface area (Å²) in [5.74, 6) is 1.25. The lowest BCUT2D eigenvalue weighted by Crippen LogP contribution is -2.40. The third kappa shape index (κ3) is 2.67. The Morgan fingerprint density at radius 3 is 2.67 bits per heavy atom. The van der Waals surface area contributed by atoms with Crippen molar-refractivity contribution >= 4 is 11.6 Å². The fourth-order valence-electron chi connectivity index (χ4n) is 2.66. The van der Waals surface area contributed by atoms with Gasteiger partial charge < -0.3 is 10.4 Å². The summed E-state index contributed by atoms with van der Waals surface area (Å²) in [7, 11) is 0. The molecule has 1 fully saturated rings. The molecule has 21 heavy (non-hydrogen) atoms. The van der Waals surface area contributed by atoms with E-state index >= 15 is 0 Å². The minimum absolute atomic E-state index is 0.339. The van der Waals surface area contributed by atoms with Crippen LogP contribution >= 0.6 is 0 Å². The van der Waals surface area contributed by atoms with E-state index in [0.717, 1.165) is 24.5 Å². The highest BCUT2D eigenvalue weighted by molar-refractivity contribution is 5.97. The zero-order valence-corrected chi connectivity index (χ0v) is 11.9. The van der Waals surface area contributed by atoms with Crippen molar-refractivity contribution < 1.29 is 9.90 Å². The Hall–Kier alpha value is -2.21. The molecule has 6 nitrogen and oxygen atoms in total. The number of hydrogen-bond acceptors (Lipinski definition) is 4. The summed E-state index contributed by atoms with van der Waals surface area (Å²) in [6.07, 6.45) is 7.96. The quantitative estimate of drug-likeness (QED) is 0.902. The maximum atomic E-state index is 12.1. The second-order valence-electron chi connectivity index (χ2n) is 5.44. The largest absolute Gasteiger partial charge is 0.380 e. The lowest BCUT2D eigenvalue weighted by atomic mass is 10.0. The fraction of sp³-hybridized carbons (Fsp3) is 0.400. The van der Waals surface area contributed by atoms with E-state index < -0.39 is 5.60 Å². The first-order valence-corrected chi connectivity index (χ1v) is 7.09. The summed E-state index contributed by atoms with van der Waals surface area (Å²) in [5, 5.41) is 13.0. The van der Waals surface area contributed by atoms with Crippen molar-refractivity contribution in [2.45, 2.75) is 38.2 Å². The van der Waals surface area contributed by atoms with Gasteiger partial charge in [0, 0.05) is 12.4 Å². The molecule has 1 saturated carbocycles. The fourth-order valence-corrected chi connectivity index (χ4v) is 2.66. The molecule has 2 aromatic heterocycles. The van der Waals surface area contributed by atoms with Crippen LogP contribution in [0.1, 0.15) is 31.5 Å². The predicted molar refractivity (Wildman–Crippen MR) is 78.1 cm³/mol. The molecule has 1 amide bonds. The van der Waals surface area contributed by atoms with Gasteiger partial charge in [-0.15, -0.1) is 0 Å². The molecule has 1 aliphatic rings. The molecule has 0 unspecified atom stereocenters. The summed E-state index contributed by atoms with van der Waals surface area (Å²) in [4.78, 5) is 20.6. The number of rotatable bonds is 3. The van der Waals surface area contributed by atoms with E-state index in [1.54, 1.807) is 18.5 Å². The van der Waals surface area contributed by atoms with Crippen LogP contribution in [-0.4, -0.2) is 31.1 Å². The Labute approximate surface area is 122 Å². The van der Waals surface area contributed by atoms with Crippen LogP contribution in [-0.2, 0) is 4.79 Å². The Balaban J connectivity index is 1.73. The van der Waals surface area contributed by atoms with E-state index in [-0.39, 0.29) is 5.91 Å². The standard InChI is InChI=1S/C15H18N4O2/c1-11-16-8-9-19(11)13-5-4-12(10-17-13)18-14(20)15(21)6-2-3-7-15/h4-5,8-10,21H,2-3,6-7H2,1H3,(H,18,20). The molecule has 0 spiro atoms. The second kappa shape index (κ2) is 5.29. The van der Waals surface area contributed by atoms with Gasteiger partial charge >= 0.3 is 0 Å². The summed E-state index contributed by atoms with van der Waals surface area (Å²) in [6.45, 7) is 1.90. The maximum Gasteiger partial charge on any atom is 0.256 e. The molecule has 2 heterocycles. The number of nitrogens with zero attached hydrogens (tertiary/aromatic N) is 3. The average Bonchev–Trinajstić information content (AvgIpc) is 3.09. The first-order chi connectivity index (χ1) is 10.1. The predicted octanol–water partition coefficient (Wildman–Crippen LogP) is 1.82. The van der Waals surface area contributed by atoms with Crippen LogP contribution in [0.3, 0.4) is 0 Å². The molecule has 0 radical (unpaired) electrons. The topological polar surface area (TPSA) is 80.0 Å². The lowest BCUT2D eigenvalue weighted by molar-refractivity contribution is -0.133. The Morgan fingerprint density at radius 2 is 2.10 bits per heavy atom. The number of aliphatic hydroxyl groups is 1. The van der Waals surface area contributed by atoms with Crippen molar-refractivity contribution in [3.8, 4) is 5.82 Å². The summed E-state index contributed by atoms with van der Waals surface area (Å²) >= 11 is 0. The number of anilines is 1. The van der Waals surface area contributed by atoms with Crippen LogP contribution in [0.25, 0.3) is 5.82 Å². The van der Waals surface area contributed by atoms with Gasteiger partial charge in [0.1, 0.15) is 17.2 Å². The molecule has 2 aromatic rings.